The molecule has 2 unspecified atom stereocenters. The van der Waals surface area contributed by atoms with Gasteiger partial charge in [-0.1, -0.05) is 24.6 Å². The first kappa shape index (κ1) is 12.6. The van der Waals surface area contributed by atoms with Crippen LogP contribution in [0.15, 0.2) is 18.2 Å². The largest absolute Gasteiger partial charge is 0.299 e. The predicted molar refractivity (Wildman–Crippen MR) is 66.6 cm³/mol. The van der Waals surface area contributed by atoms with Gasteiger partial charge in [-0.05, 0) is 42.9 Å². The molecule has 0 aliphatic heterocycles. The van der Waals surface area contributed by atoms with Crippen LogP contribution in [0.3, 0.4) is 0 Å². The summed E-state index contributed by atoms with van der Waals surface area (Å²) in [5.74, 6) is 0.517. The molecule has 2 rings (SSSR count). The van der Waals surface area contributed by atoms with Gasteiger partial charge in [0.05, 0.1) is 0 Å². The highest BCUT2D eigenvalue weighted by atomic mass is 35.5. The summed E-state index contributed by atoms with van der Waals surface area (Å²) in [4.78, 5) is 11.8. The molecule has 0 spiro atoms. The topological polar surface area (TPSA) is 17.1 Å². The van der Waals surface area contributed by atoms with Gasteiger partial charge in [0.2, 0.25) is 0 Å². The Balaban J connectivity index is 2.11. The number of Topliss-reactive ketones (excluding diaryl/α,β-unsaturated/α-hetero) is 1. The normalized spacial score (nSPS) is 25.0. The third-order valence-corrected chi connectivity index (χ3v) is 3.74. The van der Waals surface area contributed by atoms with E-state index in [2.05, 4.69) is 6.92 Å². The van der Waals surface area contributed by atoms with Crippen LogP contribution in [0.4, 0.5) is 4.39 Å². The van der Waals surface area contributed by atoms with Crippen LogP contribution in [0, 0.1) is 17.7 Å². The molecule has 1 aliphatic carbocycles. The van der Waals surface area contributed by atoms with Crippen LogP contribution in [0.2, 0.25) is 5.02 Å². The van der Waals surface area contributed by atoms with Crippen molar-refractivity contribution in [2.75, 3.05) is 0 Å². The van der Waals surface area contributed by atoms with Gasteiger partial charge in [-0.15, -0.1) is 0 Å². The Labute approximate surface area is 106 Å². The molecule has 1 saturated carbocycles. The molecule has 0 bridgehead atoms. The molecule has 0 aromatic heterocycles. The van der Waals surface area contributed by atoms with Crippen LogP contribution in [-0.2, 0) is 11.2 Å². The third-order valence-electron chi connectivity index (χ3n) is 3.51. The molecule has 1 nitrogen and oxygen atoms in total. The summed E-state index contributed by atoms with van der Waals surface area (Å²) < 4.78 is 13.6. The molecule has 1 fully saturated rings. The van der Waals surface area contributed by atoms with Gasteiger partial charge in [0.1, 0.15) is 11.6 Å². The first-order chi connectivity index (χ1) is 8.06. The Bertz CT molecular complexity index is 430. The number of rotatable bonds is 2. The fraction of sp³-hybridized carbons (Fsp3) is 0.500. The highest BCUT2D eigenvalue weighted by molar-refractivity contribution is 6.30. The molecule has 0 saturated heterocycles. The predicted octanol–water partition coefficient (Wildman–Crippen LogP) is 4.03. The van der Waals surface area contributed by atoms with Gasteiger partial charge in [-0.25, -0.2) is 4.39 Å². The fourth-order valence-corrected chi connectivity index (χ4v) is 2.64. The van der Waals surface area contributed by atoms with Crippen molar-refractivity contribution in [1.29, 1.82) is 0 Å². The van der Waals surface area contributed by atoms with E-state index in [0.717, 1.165) is 12.8 Å². The lowest BCUT2D eigenvalue weighted by Crippen LogP contribution is -2.25. The smallest absolute Gasteiger partial charge is 0.136 e. The highest BCUT2D eigenvalue weighted by Crippen LogP contribution is 2.29. The third kappa shape index (κ3) is 3.06. The summed E-state index contributed by atoms with van der Waals surface area (Å²) in [5.41, 5.74) is 0.599. The highest BCUT2D eigenvalue weighted by Gasteiger charge is 2.27. The Morgan fingerprint density at radius 1 is 1.47 bits per heavy atom. The zero-order chi connectivity index (χ0) is 12.4. The molecule has 3 heteroatoms. The summed E-state index contributed by atoms with van der Waals surface area (Å²) in [5, 5.41) is 0.398. The van der Waals surface area contributed by atoms with Gasteiger partial charge in [0, 0.05) is 17.4 Å². The maximum absolute atomic E-state index is 13.6. The summed E-state index contributed by atoms with van der Waals surface area (Å²) >= 11 is 5.70. The van der Waals surface area contributed by atoms with Gasteiger partial charge in [-0.3, -0.25) is 4.79 Å². The summed E-state index contributed by atoms with van der Waals surface area (Å²) in [6.07, 6.45) is 2.99. The standard InChI is InChI=1S/C14H16ClFO/c1-9-2-5-14(17)11(6-9)7-10-3-4-12(15)8-13(10)16/h3-4,8-9,11H,2,5-7H2,1H3. The number of ketones is 1. The van der Waals surface area contributed by atoms with Gasteiger partial charge in [-0.2, -0.15) is 0 Å². The lowest BCUT2D eigenvalue weighted by Gasteiger charge is -2.25. The molecule has 1 aromatic rings. The van der Waals surface area contributed by atoms with E-state index in [0.29, 0.717) is 29.3 Å². The van der Waals surface area contributed by atoms with E-state index >= 15 is 0 Å². The van der Waals surface area contributed by atoms with E-state index in [-0.39, 0.29) is 17.5 Å². The second-order valence-electron chi connectivity index (χ2n) is 4.98. The van der Waals surface area contributed by atoms with Gasteiger partial charge < -0.3 is 0 Å². The van der Waals surface area contributed by atoms with Crippen molar-refractivity contribution < 1.29 is 9.18 Å². The number of hydrogen-bond acceptors (Lipinski definition) is 1. The number of hydrogen-bond donors (Lipinski definition) is 0. The van der Waals surface area contributed by atoms with Crippen molar-refractivity contribution in [3.63, 3.8) is 0 Å². The molecule has 2 atom stereocenters. The number of carbonyl (C=O) groups excluding carboxylic acids is 1. The fourth-order valence-electron chi connectivity index (χ4n) is 2.48. The number of benzene rings is 1. The van der Waals surface area contributed by atoms with Crippen LogP contribution in [-0.4, -0.2) is 5.78 Å². The Kier molecular flexibility index (Phi) is 3.82. The second kappa shape index (κ2) is 5.18. The van der Waals surface area contributed by atoms with E-state index in [1.807, 2.05) is 0 Å². The Hall–Kier alpha value is -0.890. The number of carbonyl (C=O) groups is 1. The maximum atomic E-state index is 13.6. The monoisotopic (exact) mass is 254 g/mol. The minimum absolute atomic E-state index is 0.0191. The lowest BCUT2D eigenvalue weighted by atomic mass is 9.78. The average Bonchev–Trinajstić information content (AvgIpc) is 2.27. The molecular formula is C14H16ClFO. The van der Waals surface area contributed by atoms with Gasteiger partial charge in [0.25, 0.3) is 0 Å². The van der Waals surface area contributed by atoms with Crippen LogP contribution in [0.25, 0.3) is 0 Å². The minimum Gasteiger partial charge on any atom is -0.299 e. The van der Waals surface area contributed by atoms with E-state index in [1.165, 1.54) is 6.07 Å². The van der Waals surface area contributed by atoms with Crippen LogP contribution < -0.4 is 0 Å². The Morgan fingerprint density at radius 2 is 2.24 bits per heavy atom. The molecular weight excluding hydrogens is 239 g/mol. The lowest BCUT2D eigenvalue weighted by molar-refractivity contribution is -0.125. The molecule has 0 amide bonds. The molecule has 0 heterocycles. The maximum Gasteiger partial charge on any atom is 0.136 e. The van der Waals surface area contributed by atoms with Crippen molar-refractivity contribution in [1.82, 2.24) is 0 Å². The average molecular weight is 255 g/mol. The van der Waals surface area contributed by atoms with Crippen molar-refractivity contribution in [2.45, 2.75) is 32.6 Å². The summed E-state index contributed by atoms with van der Waals surface area (Å²) in [6.45, 7) is 2.15. The summed E-state index contributed by atoms with van der Waals surface area (Å²) in [6, 6.07) is 4.68. The van der Waals surface area contributed by atoms with Crippen LogP contribution >= 0.6 is 11.6 Å². The second-order valence-corrected chi connectivity index (χ2v) is 5.42. The van der Waals surface area contributed by atoms with Gasteiger partial charge in [0.15, 0.2) is 0 Å². The van der Waals surface area contributed by atoms with Gasteiger partial charge >= 0.3 is 0 Å². The molecule has 0 radical (unpaired) electrons. The Morgan fingerprint density at radius 3 is 2.94 bits per heavy atom. The van der Waals surface area contributed by atoms with Crippen LogP contribution in [0.1, 0.15) is 31.7 Å². The van der Waals surface area contributed by atoms with Crippen molar-refractivity contribution >= 4 is 17.4 Å². The molecule has 92 valence electrons. The quantitative estimate of drug-likeness (QED) is 0.779. The van der Waals surface area contributed by atoms with E-state index < -0.39 is 0 Å². The first-order valence-corrected chi connectivity index (χ1v) is 6.40. The molecule has 1 aromatic carbocycles. The zero-order valence-electron chi connectivity index (χ0n) is 9.88. The zero-order valence-corrected chi connectivity index (χ0v) is 10.6. The molecule has 1 aliphatic rings. The van der Waals surface area contributed by atoms with Crippen LogP contribution in [0.5, 0.6) is 0 Å². The molecule has 0 N–H and O–H groups in total. The van der Waals surface area contributed by atoms with Crippen molar-refractivity contribution in [2.24, 2.45) is 11.8 Å². The summed E-state index contributed by atoms with van der Waals surface area (Å²) in [7, 11) is 0. The minimum atomic E-state index is -0.302. The van der Waals surface area contributed by atoms with Crippen molar-refractivity contribution in [3.8, 4) is 0 Å². The first-order valence-electron chi connectivity index (χ1n) is 6.03. The van der Waals surface area contributed by atoms with E-state index in [4.69, 9.17) is 11.6 Å². The van der Waals surface area contributed by atoms with E-state index in [1.54, 1.807) is 12.1 Å². The van der Waals surface area contributed by atoms with Crippen molar-refractivity contribution in [3.05, 3.63) is 34.6 Å². The number of halogens is 2. The molecule has 17 heavy (non-hydrogen) atoms. The van der Waals surface area contributed by atoms with E-state index in [9.17, 15) is 9.18 Å². The SMILES string of the molecule is CC1CCC(=O)C(Cc2ccc(Cl)cc2F)C1.